The van der Waals surface area contributed by atoms with Crippen LogP contribution in [0.1, 0.15) is 13.3 Å². The van der Waals surface area contributed by atoms with Crippen LogP contribution in [0.5, 0.6) is 0 Å². The molecule has 2 nitrogen and oxygen atoms in total. The third kappa shape index (κ3) is 2.33. The number of ether oxygens (including phenoxy) is 1. The Morgan fingerprint density at radius 1 is 1.67 bits per heavy atom. The molecule has 0 aromatic rings. The minimum Gasteiger partial charge on any atom is -0.381 e. The molecule has 54 valence electrons. The summed E-state index contributed by atoms with van der Waals surface area (Å²) in [7, 11) is 0. The molecule has 1 saturated heterocycles. The summed E-state index contributed by atoms with van der Waals surface area (Å²) in [6.45, 7) is 6.28. The van der Waals surface area contributed by atoms with E-state index in [0.717, 1.165) is 32.2 Å². The van der Waals surface area contributed by atoms with Gasteiger partial charge in [0.1, 0.15) is 0 Å². The topological polar surface area (TPSA) is 21.3 Å². The van der Waals surface area contributed by atoms with Gasteiger partial charge in [0.15, 0.2) is 0 Å². The van der Waals surface area contributed by atoms with Crippen molar-refractivity contribution in [3.05, 3.63) is 0 Å². The Labute approximate surface area is 56.6 Å². The van der Waals surface area contributed by atoms with E-state index < -0.39 is 0 Å². The molecule has 1 aliphatic rings. The van der Waals surface area contributed by atoms with Crippen LogP contribution in [-0.2, 0) is 4.74 Å². The molecule has 0 aliphatic carbocycles. The van der Waals surface area contributed by atoms with Crippen molar-refractivity contribution in [1.82, 2.24) is 5.32 Å². The largest absolute Gasteiger partial charge is 0.381 e. The molecule has 1 aliphatic heterocycles. The van der Waals surface area contributed by atoms with Crippen LogP contribution in [0.4, 0.5) is 0 Å². The summed E-state index contributed by atoms with van der Waals surface area (Å²) < 4.78 is 5.21. The molecular weight excluding hydrogens is 114 g/mol. The molecule has 1 N–H and O–H groups in total. The van der Waals surface area contributed by atoms with Gasteiger partial charge in [0.2, 0.25) is 0 Å². The van der Waals surface area contributed by atoms with Crippen molar-refractivity contribution < 1.29 is 4.74 Å². The Balaban J connectivity index is 1.98. The summed E-state index contributed by atoms with van der Waals surface area (Å²) in [4.78, 5) is 0. The van der Waals surface area contributed by atoms with Crippen LogP contribution in [0.3, 0.4) is 0 Å². The molecule has 0 amide bonds. The van der Waals surface area contributed by atoms with Crippen molar-refractivity contribution in [2.45, 2.75) is 13.3 Å². The molecule has 0 unspecified atom stereocenters. The summed E-state index contributed by atoms with van der Waals surface area (Å²) >= 11 is 0. The van der Waals surface area contributed by atoms with E-state index in [4.69, 9.17) is 4.74 Å². The van der Waals surface area contributed by atoms with Crippen LogP contribution in [-0.4, -0.2) is 26.3 Å². The monoisotopic (exact) mass is 129 g/mol. The van der Waals surface area contributed by atoms with Crippen LogP contribution in [0.15, 0.2) is 0 Å². The van der Waals surface area contributed by atoms with Gasteiger partial charge in [-0.2, -0.15) is 0 Å². The molecule has 0 saturated carbocycles. The smallest absolute Gasteiger partial charge is 0.0507 e. The van der Waals surface area contributed by atoms with E-state index in [9.17, 15) is 0 Å². The highest BCUT2D eigenvalue weighted by Gasteiger charge is 2.13. The standard InChI is InChI=1S/C7H15NO/c1-2-8-5-7-3-4-9-6-7/h7-8H,2-6H2,1H3/t7-/m0/s1. The molecule has 1 atom stereocenters. The molecule has 0 aromatic carbocycles. The van der Waals surface area contributed by atoms with Gasteiger partial charge < -0.3 is 10.1 Å². The van der Waals surface area contributed by atoms with Gasteiger partial charge in [-0.25, -0.2) is 0 Å². The van der Waals surface area contributed by atoms with Crippen molar-refractivity contribution in [3.63, 3.8) is 0 Å². The molecular formula is C7H15NO. The third-order valence-electron chi connectivity index (χ3n) is 1.71. The lowest BCUT2D eigenvalue weighted by atomic mass is 10.1. The van der Waals surface area contributed by atoms with Gasteiger partial charge >= 0.3 is 0 Å². The van der Waals surface area contributed by atoms with Gasteiger partial charge in [0.05, 0.1) is 6.61 Å². The van der Waals surface area contributed by atoms with Crippen LogP contribution in [0, 0.1) is 5.92 Å². The van der Waals surface area contributed by atoms with Crippen molar-refractivity contribution in [2.75, 3.05) is 26.3 Å². The van der Waals surface area contributed by atoms with E-state index in [0.29, 0.717) is 0 Å². The van der Waals surface area contributed by atoms with Gasteiger partial charge in [-0.15, -0.1) is 0 Å². The first-order valence-corrected chi connectivity index (χ1v) is 3.72. The molecule has 1 heterocycles. The quantitative estimate of drug-likeness (QED) is 0.603. The van der Waals surface area contributed by atoms with Crippen LogP contribution in [0.25, 0.3) is 0 Å². The fraction of sp³-hybridized carbons (Fsp3) is 1.00. The molecule has 9 heavy (non-hydrogen) atoms. The SMILES string of the molecule is CCNC[C@@H]1CCOC1. The van der Waals surface area contributed by atoms with E-state index in [2.05, 4.69) is 12.2 Å². The third-order valence-corrected chi connectivity index (χ3v) is 1.71. The zero-order valence-corrected chi connectivity index (χ0v) is 6.02. The first kappa shape index (κ1) is 7.03. The summed E-state index contributed by atoms with van der Waals surface area (Å²) in [5.41, 5.74) is 0. The maximum atomic E-state index is 5.21. The van der Waals surface area contributed by atoms with E-state index in [1.807, 2.05) is 0 Å². The lowest BCUT2D eigenvalue weighted by molar-refractivity contribution is 0.185. The van der Waals surface area contributed by atoms with Gasteiger partial charge in [-0.3, -0.25) is 0 Å². The predicted octanol–water partition coefficient (Wildman–Crippen LogP) is 0.632. The van der Waals surface area contributed by atoms with Gasteiger partial charge in [-0.05, 0) is 18.9 Å². The first-order valence-electron chi connectivity index (χ1n) is 3.72. The fourth-order valence-electron chi connectivity index (χ4n) is 1.09. The maximum Gasteiger partial charge on any atom is 0.0507 e. The predicted molar refractivity (Wildman–Crippen MR) is 37.5 cm³/mol. The lowest BCUT2D eigenvalue weighted by Gasteiger charge is -2.05. The Bertz CT molecular complexity index is 69.3. The van der Waals surface area contributed by atoms with Crippen molar-refractivity contribution >= 4 is 0 Å². The summed E-state index contributed by atoms with van der Waals surface area (Å²) in [5, 5.41) is 3.31. The number of rotatable bonds is 3. The first-order chi connectivity index (χ1) is 4.43. The van der Waals surface area contributed by atoms with Crippen LogP contribution < -0.4 is 5.32 Å². The number of nitrogens with one attached hydrogen (secondary N) is 1. The molecule has 0 spiro atoms. The van der Waals surface area contributed by atoms with E-state index in [1.165, 1.54) is 6.42 Å². The van der Waals surface area contributed by atoms with E-state index in [1.54, 1.807) is 0 Å². The van der Waals surface area contributed by atoms with Gasteiger partial charge in [0, 0.05) is 13.2 Å². The van der Waals surface area contributed by atoms with E-state index >= 15 is 0 Å². The molecule has 0 aromatic heterocycles. The molecule has 1 rings (SSSR count). The second-order valence-electron chi connectivity index (χ2n) is 2.54. The summed E-state index contributed by atoms with van der Waals surface area (Å²) in [6.07, 6.45) is 1.24. The lowest BCUT2D eigenvalue weighted by Crippen LogP contribution is -2.22. The van der Waals surface area contributed by atoms with Crippen molar-refractivity contribution in [2.24, 2.45) is 5.92 Å². The Kier molecular flexibility index (Phi) is 3.01. The summed E-state index contributed by atoms with van der Waals surface area (Å²) in [5.74, 6) is 0.782. The maximum absolute atomic E-state index is 5.21. The highest BCUT2D eigenvalue weighted by atomic mass is 16.5. The van der Waals surface area contributed by atoms with Crippen LogP contribution in [0.2, 0.25) is 0 Å². The second kappa shape index (κ2) is 3.85. The average Bonchev–Trinajstić information content (AvgIpc) is 2.34. The average molecular weight is 129 g/mol. The molecule has 0 radical (unpaired) electrons. The van der Waals surface area contributed by atoms with Gasteiger partial charge in [0.25, 0.3) is 0 Å². The minimum atomic E-state index is 0.782. The molecule has 0 bridgehead atoms. The Hall–Kier alpha value is -0.0800. The molecule has 1 fully saturated rings. The highest BCUT2D eigenvalue weighted by Crippen LogP contribution is 2.09. The van der Waals surface area contributed by atoms with Crippen LogP contribution >= 0.6 is 0 Å². The Morgan fingerprint density at radius 3 is 3.11 bits per heavy atom. The highest BCUT2D eigenvalue weighted by molar-refractivity contribution is 4.65. The zero-order chi connectivity index (χ0) is 6.53. The zero-order valence-electron chi connectivity index (χ0n) is 6.02. The molecule has 2 heteroatoms. The van der Waals surface area contributed by atoms with Gasteiger partial charge in [-0.1, -0.05) is 6.92 Å². The minimum absolute atomic E-state index is 0.782. The van der Waals surface area contributed by atoms with Crippen molar-refractivity contribution in [1.29, 1.82) is 0 Å². The normalized spacial score (nSPS) is 27.0. The number of hydrogen-bond acceptors (Lipinski definition) is 2. The second-order valence-corrected chi connectivity index (χ2v) is 2.54. The number of hydrogen-bond donors (Lipinski definition) is 1. The Morgan fingerprint density at radius 2 is 2.56 bits per heavy atom. The summed E-state index contributed by atoms with van der Waals surface area (Å²) in [6, 6.07) is 0. The van der Waals surface area contributed by atoms with Crippen molar-refractivity contribution in [3.8, 4) is 0 Å². The fourth-order valence-corrected chi connectivity index (χ4v) is 1.09. The van der Waals surface area contributed by atoms with E-state index in [-0.39, 0.29) is 0 Å².